The zero-order valence-corrected chi connectivity index (χ0v) is 15.6. The molecule has 0 amide bonds. The Kier molecular flexibility index (Phi) is 4.55. The van der Waals surface area contributed by atoms with Crippen molar-refractivity contribution in [1.82, 2.24) is 10.3 Å². The number of carbonyl (C=O) groups is 1. The van der Waals surface area contributed by atoms with Crippen LogP contribution in [0.5, 0.6) is 0 Å². The highest BCUT2D eigenvalue weighted by Gasteiger charge is 2.24. The highest BCUT2D eigenvalue weighted by atomic mass is 16.5. The summed E-state index contributed by atoms with van der Waals surface area (Å²) in [6.07, 6.45) is 7.74. The Morgan fingerprint density at radius 3 is 2.82 bits per heavy atom. The Labute approximate surface area is 163 Å². The number of rotatable bonds is 4. The van der Waals surface area contributed by atoms with Gasteiger partial charge in [0.1, 0.15) is 5.76 Å². The van der Waals surface area contributed by atoms with Crippen LogP contribution in [0.25, 0.3) is 22.5 Å². The maximum absolute atomic E-state index is 12.0. The standard InChI is InChI=1S/C23H22N2O3/c26-21-4-2-16-11-17(1-3-20(16)21)22-18(12-19-13-25-9-10-27-19)14-28-23(22)15-5-7-24-8-6-15/h1,3,5-8,11,14,19,25H,2,4,9-10,12-13H2. The van der Waals surface area contributed by atoms with E-state index in [-0.39, 0.29) is 11.9 Å². The molecule has 1 N–H and O–H groups in total. The van der Waals surface area contributed by atoms with Gasteiger partial charge in [-0.25, -0.2) is 0 Å². The van der Waals surface area contributed by atoms with Crippen LogP contribution in [0.1, 0.15) is 27.9 Å². The third-order valence-corrected chi connectivity index (χ3v) is 5.58. The van der Waals surface area contributed by atoms with Crippen LogP contribution in [-0.4, -0.2) is 36.6 Å². The highest BCUT2D eigenvalue weighted by molar-refractivity contribution is 6.01. The number of morpholine rings is 1. The molecule has 1 aromatic carbocycles. The van der Waals surface area contributed by atoms with E-state index in [1.54, 1.807) is 12.4 Å². The van der Waals surface area contributed by atoms with Crippen molar-refractivity contribution in [3.05, 3.63) is 65.7 Å². The Morgan fingerprint density at radius 1 is 1.11 bits per heavy atom. The normalized spacial score (nSPS) is 19.0. The monoisotopic (exact) mass is 374 g/mol. The molecule has 1 aliphatic heterocycles. The zero-order chi connectivity index (χ0) is 18.9. The van der Waals surface area contributed by atoms with Gasteiger partial charge in [-0.2, -0.15) is 0 Å². The van der Waals surface area contributed by atoms with Gasteiger partial charge in [0, 0.05) is 60.6 Å². The smallest absolute Gasteiger partial charge is 0.163 e. The molecule has 1 aliphatic carbocycles. The van der Waals surface area contributed by atoms with Crippen LogP contribution in [0.3, 0.4) is 0 Å². The largest absolute Gasteiger partial charge is 0.463 e. The molecule has 5 nitrogen and oxygen atoms in total. The van der Waals surface area contributed by atoms with E-state index in [4.69, 9.17) is 9.15 Å². The molecule has 0 bridgehead atoms. The van der Waals surface area contributed by atoms with Gasteiger partial charge in [0.05, 0.1) is 19.0 Å². The first kappa shape index (κ1) is 17.3. The average molecular weight is 374 g/mol. The van der Waals surface area contributed by atoms with Gasteiger partial charge < -0.3 is 14.5 Å². The first-order chi connectivity index (χ1) is 13.8. The molecule has 0 saturated carbocycles. The number of carbonyl (C=O) groups excluding carboxylic acids is 1. The van der Waals surface area contributed by atoms with E-state index in [1.165, 1.54) is 0 Å². The number of pyridine rings is 1. The number of furan rings is 1. The van der Waals surface area contributed by atoms with E-state index in [9.17, 15) is 4.79 Å². The summed E-state index contributed by atoms with van der Waals surface area (Å²) in [7, 11) is 0. The second-order valence-corrected chi connectivity index (χ2v) is 7.40. The first-order valence-electron chi connectivity index (χ1n) is 9.79. The molecule has 3 aromatic rings. The lowest BCUT2D eigenvalue weighted by Crippen LogP contribution is -2.39. The molecular weight excluding hydrogens is 352 g/mol. The summed E-state index contributed by atoms with van der Waals surface area (Å²) < 4.78 is 12.0. The van der Waals surface area contributed by atoms with Gasteiger partial charge in [0.2, 0.25) is 0 Å². The predicted octanol–water partition coefficient (Wildman–Crippen LogP) is 3.67. The molecule has 0 spiro atoms. The fourth-order valence-corrected chi connectivity index (χ4v) is 4.18. The summed E-state index contributed by atoms with van der Waals surface area (Å²) in [6, 6.07) is 10.1. The minimum absolute atomic E-state index is 0.131. The van der Waals surface area contributed by atoms with Crippen molar-refractivity contribution in [3.8, 4) is 22.5 Å². The molecule has 1 saturated heterocycles. The van der Waals surface area contributed by atoms with Crippen molar-refractivity contribution in [1.29, 1.82) is 0 Å². The Hall–Kier alpha value is -2.76. The second kappa shape index (κ2) is 7.34. The Balaban J connectivity index is 1.59. The number of ether oxygens (including phenoxy) is 1. The molecule has 28 heavy (non-hydrogen) atoms. The van der Waals surface area contributed by atoms with E-state index in [1.807, 2.05) is 30.5 Å². The van der Waals surface area contributed by atoms with Gasteiger partial charge >= 0.3 is 0 Å². The van der Waals surface area contributed by atoms with Gasteiger partial charge in [-0.15, -0.1) is 0 Å². The van der Waals surface area contributed by atoms with E-state index >= 15 is 0 Å². The van der Waals surface area contributed by atoms with Crippen LogP contribution in [0.15, 0.2) is 53.4 Å². The number of ketones is 1. The van der Waals surface area contributed by atoms with Crippen molar-refractivity contribution in [3.63, 3.8) is 0 Å². The lowest BCUT2D eigenvalue weighted by molar-refractivity contribution is 0.0292. The summed E-state index contributed by atoms with van der Waals surface area (Å²) in [4.78, 5) is 16.2. The first-order valence-corrected chi connectivity index (χ1v) is 9.79. The molecular formula is C23H22N2O3. The number of aryl methyl sites for hydroxylation is 1. The molecule has 5 heteroatoms. The fourth-order valence-electron chi connectivity index (χ4n) is 4.18. The van der Waals surface area contributed by atoms with Crippen LogP contribution >= 0.6 is 0 Å². The number of benzene rings is 1. The van der Waals surface area contributed by atoms with E-state index in [0.717, 1.165) is 71.7 Å². The third kappa shape index (κ3) is 3.17. The van der Waals surface area contributed by atoms with E-state index < -0.39 is 0 Å². The van der Waals surface area contributed by atoms with Crippen LogP contribution in [0, 0.1) is 0 Å². The SMILES string of the molecule is O=C1CCc2cc(-c3c(CC4CNCCO4)coc3-c3ccncc3)ccc21. The summed E-state index contributed by atoms with van der Waals surface area (Å²) in [6.45, 7) is 2.47. The molecule has 0 radical (unpaired) electrons. The van der Waals surface area contributed by atoms with Gasteiger partial charge in [-0.05, 0) is 29.7 Å². The maximum atomic E-state index is 12.0. The molecule has 142 valence electrons. The summed E-state index contributed by atoms with van der Waals surface area (Å²) in [5.74, 6) is 1.08. The van der Waals surface area contributed by atoms with Crippen LogP contribution < -0.4 is 5.32 Å². The average Bonchev–Trinajstić information content (AvgIpc) is 3.33. The number of nitrogens with one attached hydrogen (secondary N) is 1. The molecule has 5 rings (SSSR count). The van der Waals surface area contributed by atoms with Gasteiger partial charge in [0.15, 0.2) is 5.78 Å². The maximum Gasteiger partial charge on any atom is 0.163 e. The molecule has 1 atom stereocenters. The van der Waals surface area contributed by atoms with E-state index in [2.05, 4.69) is 16.4 Å². The lowest BCUT2D eigenvalue weighted by Gasteiger charge is -2.23. The third-order valence-electron chi connectivity index (χ3n) is 5.58. The molecule has 1 fully saturated rings. The minimum Gasteiger partial charge on any atom is -0.463 e. The fraction of sp³-hybridized carbons (Fsp3) is 0.304. The van der Waals surface area contributed by atoms with Gasteiger partial charge in [0.25, 0.3) is 0 Å². The summed E-state index contributed by atoms with van der Waals surface area (Å²) >= 11 is 0. The molecule has 3 heterocycles. The topological polar surface area (TPSA) is 64.4 Å². The molecule has 1 unspecified atom stereocenters. The summed E-state index contributed by atoms with van der Waals surface area (Å²) in [5.41, 5.74) is 6.29. The van der Waals surface area contributed by atoms with Crippen molar-refractivity contribution >= 4 is 5.78 Å². The highest BCUT2D eigenvalue weighted by Crippen LogP contribution is 2.39. The van der Waals surface area contributed by atoms with E-state index in [0.29, 0.717) is 6.42 Å². The van der Waals surface area contributed by atoms with Crippen molar-refractivity contribution in [2.45, 2.75) is 25.4 Å². The number of aromatic nitrogens is 1. The summed E-state index contributed by atoms with van der Waals surface area (Å²) in [5, 5.41) is 3.39. The Bertz CT molecular complexity index is 1000. The van der Waals surface area contributed by atoms with Crippen LogP contribution in [0.4, 0.5) is 0 Å². The predicted molar refractivity (Wildman–Crippen MR) is 106 cm³/mol. The van der Waals surface area contributed by atoms with Crippen molar-refractivity contribution in [2.75, 3.05) is 19.7 Å². The van der Waals surface area contributed by atoms with Crippen LogP contribution in [0.2, 0.25) is 0 Å². The minimum atomic E-state index is 0.131. The van der Waals surface area contributed by atoms with Gasteiger partial charge in [-0.3, -0.25) is 9.78 Å². The van der Waals surface area contributed by atoms with Crippen molar-refractivity contribution in [2.24, 2.45) is 0 Å². The second-order valence-electron chi connectivity index (χ2n) is 7.40. The number of hydrogen-bond acceptors (Lipinski definition) is 5. The lowest BCUT2D eigenvalue weighted by atomic mass is 9.93. The number of Topliss-reactive ketones (excluding diaryl/α,β-unsaturated/α-hetero) is 1. The molecule has 2 aromatic heterocycles. The number of nitrogens with zero attached hydrogens (tertiary/aromatic N) is 1. The Morgan fingerprint density at radius 2 is 2.00 bits per heavy atom. The van der Waals surface area contributed by atoms with Crippen molar-refractivity contribution < 1.29 is 13.9 Å². The number of fused-ring (bicyclic) bond motifs is 1. The zero-order valence-electron chi connectivity index (χ0n) is 15.6. The van der Waals surface area contributed by atoms with Gasteiger partial charge in [-0.1, -0.05) is 18.2 Å². The van der Waals surface area contributed by atoms with Crippen LogP contribution in [-0.2, 0) is 17.6 Å². The quantitative estimate of drug-likeness (QED) is 0.755. The molecule has 2 aliphatic rings. The number of hydrogen-bond donors (Lipinski definition) is 1.